The molecule has 0 spiro atoms. The molecule has 1 aromatic carbocycles. The molecule has 1 heterocycles. The molecule has 19 heavy (non-hydrogen) atoms. The van der Waals surface area contributed by atoms with Crippen LogP contribution in [0.3, 0.4) is 0 Å². The third-order valence-corrected chi connectivity index (χ3v) is 2.64. The maximum Gasteiger partial charge on any atom is 0.248 e. The van der Waals surface area contributed by atoms with Crippen LogP contribution in [0.2, 0.25) is 0 Å². The molecule has 0 aliphatic heterocycles. The van der Waals surface area contributed by atoms with E-state index in [1.807, 2.05) is 0 Å². The van der Waals surface area contributed by atoms with Gasteiger partial charge in [0.15, 0.2) is 0 Å². The predicted octanol–water partition coefficient (Wildman–Crippen LogP) is 1.08. The number of imidazole rings is 1. The lowest BCUT2D eigenvalue weighted by atomic mass is 10.1. The average molecular weight is 258 g/mol. The molecule has 2 amide bonds. The summed E-state index contributed by atoms with van der Waals surface area (Å²) in [6.45, 7) is 0. The standard InChI is InChI=1S/C13H14N4O2/c14-12(19)10-4-1-9(2-5-10)3-6-11(18)17-13-15-7-8-16-13/h1-2,4-5,7-8H,3,6H2,(H2,14,19)(H2,15,16,17,18). The van der Waals surface area contributed by atoms with Gasteiger partial charge in [0, 0.05) is 24.4 Å². The van der Waals surface area contributed by atoms with Gasteiger partial charge in [0.05, 0.1) is 0 Å². The number of amides is 2. The highest BCUT2D eigenvalue weighted by atomic mass is 16.2. The molecular weight excluding hydrogens is 244 g/mol. The van der Waals surface area contributed by atoms with Crippen LogP contribution in [0.1, 0.15) is 22.3 Å². The highest BCUT2D eigenvalue weighted by molar-refractivity contribution is 5.92. The number of carbonyl (C=O) groups is 2. The minimum absolute atomic E-state index is 0.117. The van der Waals surface area contributed by atoms with E-state index in [1.165, 1.54) is 0 Å². The molecule has 98 valence electrons. The quantitative estimate of drug-likeness (QED) is 0.748. The summed E-state index contributed by atoms with van der Waals surface area (Å²) in [6.07, 6.45) is 4.14. The van der Waals surface area contributed by atoms with Gasteiger partial charge in [0.2, 0.25) is 17.8 Å². The summed E-state index contributed by atoms with van der Waals surface area (Å²) in [6, 6.07) is 6.89. The number of aryl methyl sites for hydroxylation is 1. The van der Waals surface area contributed by atoms with E-state index >= 15 is 0 Å². The Hall–Kier alpha value is -2.63. The van der Waals surface area contributed by atoms with Crippen molar-refractivity contribution < 1.29 is 9.59 Å². The number of hydrogen-bond donors (Lipinski definition) is 3. The van der Waals surface area contributed by atoms with E-state index in [-0.39, 0.29) is 5.91 Å². The van der Waals surface area contributed by atoms with Gasteiger partial charge in [-0.1, -0.05) is 12.1 Å². The van der Waals surface area contributed by atoms with Crippen molar-refractivity contribution in [2.24, 2.45) is 5.73 Å². The van der Waals surface area contributed by atoms with Gasteiger partial charge in [-0.2, -0.15) is 0 Å². The lowest BCUT2D eigenvalue weighted by molar-refractivity contribution is -0.116. The van der Waals surface area contributed by atoms with Crippen LogP contribution in [0, 0.1) is 0 Å². The molecule has 0 fully saturated rings. The maximum absolute atomic E-state index is 11.6. The van der Waals surface area contributed by atoms with Gasteiger partial charge in [0.25, 0.3) is 0 Å². The molecule has 2 aromatic rings. The summed E-state index contributed by atoms with van der Waals surface area (Å²) in [4.78, 5) is 29.2. The molecule has 0 saturated carbocycles. The lowest BCUT2D eigenvalue weighted by Gasteiger charge is -2.03. The Morgan fingerprint density at radius 2 is 2.00 bits per heavy atom. The first kappa shape index (κ1) is 12.8. The maximum atomic E-state index is 11.6. The van der Waals surface area contributed by atoms with Gasteiger partial charge in [-0.25, -0.2) is 4.98 Å². The van der Waals surface area contributed by atoms with Crippen molar-refractivity contribution in [3.05, 3.63) is 47.8 Å². The van der Waals surface area contributed by atoms with Crippen LogP contribution in [0.5, 0.6) is 0 Å². The Balaban J connectivity index is 1.84. The average Bonchev–Trinajstić information content (AvgIpc) is 2.89. The smallest absolute Gasteiger partial charge is 0.248 e. The summed E-state index contributed by atoms with van der Waals surface area (Å²) < 4.78 is 0. The number of primary amides is 1. The largest absolute Gasteiger partial charge is 0.366 e. The molecule has 6 heteroatoms. The van der Waals surface area contributed by atoms with Crippen LogP contribution < -0.4 is 11.1 Å². The van der Waals surface area contributed by atoms with Crippen molar-refractivity contribution in [2.45, 2.75) is 12.8 Å². The monoisotopic (exact) mass is 258 g/mol. The second-order valence-corrected chi connectivity index (χ2v) is 4.05. The van der Waals surface area contributed by atoms with Crippen LogP contribution in [-0.4, -0.2) is 21.8 Å². The Kier molecular flexibility index (Phi) is 3.92. The van der Waals surface area contributed by atoms with E-state index in [1.54, 1.807) is 36.7 Å². The number of carbonyl (C=O) groups excluding carboxylic acids is 2. The van der Waals surface area contributed by atoms with E-state index in [0.29, 0.717) is 24.4 Å². The molecule has 0 aliphatic rings. The van der Waals surface area contributed by atoms with E-state index in [2.05, 4.69) is 15.3 Å². The summed E-state index contributed by atoms with van der Waals surface area (Å²) in [5.41, 5.74) is 6.58. The molecule has 6 nitrogen and oxygen atoms in total. The van der Waals surface area contributed by atoms with E-state index in [0.717, 1.165) is 5.56 Å². The van der Waals surface area contributed by atoms with Crippen molar-refractivity contribution in [1.82, 2.24) is 9.97 Å². The van der Waals surface area contributed by atoms with Crippen LogP contribution in [0.15, 0.2) is 36.7 Å². The van der Waals surface area contributed by atoms with Crippen molar-refractivity contribution in [1.29, 1.82) is 0 Å². The Morgan fingerprint density at radius 3 is 2.58 bits per heavy atom. The summed E-state index contributed by atoms with van der Waals surface area (Å²) in [5.74, 6) is -0.134. The second-order valence-electron chi connectivity index (χ2n) is 4.05. The number of aromatic nitrogens is 2. The van der Waals surface area contributed by atoms with Crippen LogP contribution >= 0.6 is 0 Å². The van der Waals surface area contributed by atoms with Gasteiger partial charge < -0.3 is 10.7 Å². The van der Waals surface area contributed by atoms with Crippen molar-refractivity contribution in [3.63, 3.8) is 0 Å². The summed E-state index contributed by atoms with van der Waals surface area (Å²) in [5, 5.41) is 2.64. The molecule has 0 radical (unpaired) electrons. The van der Waals surface area contributed by atoms with E-state index in [4.69, 9.17) is 5.73 Å². The minimum Gasteiger partial charge on any atom is -0.366 e. The van der Waals surface area contributed by atoms with Crippen LogP contribution in [0.4, 0.5) is 5.95 Å². The summed E-state index contributed by atoms with van der Waals surface area (Å²) >= 11 is 0. The highest BCUT2D eigenvalue weighted by Crippen LogP contribution is 2.07. The third-order valence-electron chi connectivity index (χ3n) is 2.64. The number of nitrogens with one attached hydrogen (secondary N) is 2. The molecule has 4 N–H and O–H groups in total. The number of aromatic amines is 1. The lowest BCUT2D eigenvalue weighted by Crippen LogP contribution is -2.13. The van der Waals surface area contributed by atoms with E-state index in [9.17, 15) is 9.59 Å². The Bertz CT molecular complexity index is 561. The zero-order valence-electron chi connectivity index (χ0n) is 10.2. The molecule has 0 unspecified atom stereocenters. The number of rotatable bonds is 5. The van der Waals surface area contributed by atoms with Gasteiger partial charge in [-0.15, -0.1) is 0 Å². The van der Waals surface area contributed by atoms with Crippen molar-refractivity contribution in [2.75, 3.05) is 5.32 Å². The van der Waals surface area contributed by atoms with Crippen molar-refractivity contribution in [3.8, 4) is 0 Å². The topological polar surface area (TPSA) is 101 Å². The molecular formula is C13H14N4O2. The first-order valence-corrected chi connectivity index (χ1v) is 5.83. The highest BCUT2D eigenvalue weighted by Gasteiger charge is 2.05. The molecule has 0 aliphatic carbocycles. The SMILES string of the molecule is NC(=O)c1ccc(CCC(=O)Nc2ncc[nH]2)cc1. The molecule has 0 atom stereocenters. The van der Waals surface area contributed by atoms with Gasteiger partial charge in [-0.3, -0.25) is 14.9 Å². The van der Waals surface area contributed by atoms with Gasteiger partial charge >= 0.3 is 0 Å². The minimum atomic E-state index is -0.456. The Morgan fingerprint density at radius 1 is 1.26 bits per heavy atom. The van der Waals surface area contributed by atoms with Crippen LogP contribution in [-0.2, 0) is 11.2 Å². The van der Waals surface area contributed by atoms with Crippen LogP contribution in [0.25, 0.3) is 0 Å². The number of nitrogens with zero attached hydrogens (tertiary/aromatic N) is 1. The molecule has 0 bridgehead atoms. The summed E-state index contributed by atoms with van der Waals surface area (Å²) in [7, 11) is 0. The fourth-order valence-corrected chi connectivity index (χ4v) is 1.62. The normalized spacial score (nSPS) is 10.1. The zero-order valence-corrected chi connectivity index (χ0v) is 10.2. The molecule has 1 aromatic heterocycles. The Labute approximate surface area is 110 Å². The first-order valence-electron chi connectivity index (χ1n) is 5.83. The fourth-order valence-electron chi connectivity index (χ4n) is 1.62. The van der Waals surface area contributed by atoms with E-state index < -0.39 is 5.91 Å². The number of benzene rings is 1. The zero-order chi connectivity index (χ0) is 13.7. The number of hydrogen-bond acceptors (Lipinski definition) is 3. The number of nitrogens with two attached hydrogens (primary N) is 1. The third kappa shape index (κ3) is 3.67. The van der Waals surface area contributed by atoms with Gasteiger partial charge in [0.1, 0.15) is 0 Å². The number of anilines is 1. The number of H-pyrrole nitrogens is 1. The molecule has 2 rings (SSSR count). The first-order chi connectivity index (χ1) is 9.15. The van der Waals surface area contributed by atoms with Crippen molar-refractivity contribution >= 4 is 17.8 Å². The second kappa shape index (κ2) is 5.81. The molecule has 0 saturated heterocycles. The van der Waals surface area contributed by atoms with Gasteiger partial charge in [-0.05, 0) is 24.1 Å². The fraction of sp³-hybridized carbons (Fsp3) is 0.154. The predicted molar refractivity (Wildman–Crippen MR) is 70.5 cm³/mol.